The number of aliphatic hydroxyl groups is 1. The van der Waals surface area contributed by atoms with Gasteiger partial charge in [-0.1, -0.05) is 0 Å². The van der Waals surface area contributed by atoms with E-state index in [2.05, 4.69) is 0 Å². The van der Waals surface area contributed by atoms with Crippen LogP contribution >= 0.6 is 0 Å². The second-order valence-corrected chi connectivity index (χ2v) is 7.73. The Hall–Kier alpha value is -1.49. The van der Waals surface area contributed by atoms with Gasteiger partial charge in [-0.15, -0.1) is 0 Å². The normalized spacial score (nSPS) is 13.9. The summed E-state index contributed by atoms with van der Waals surface area (Å²) in [6.45, 7) is -0.689. The zero-order chi connectivity index (χ0) is 15.6. The third-order valence-corrected chi connectivity index (χ3v) is 4.88. The second-order valence-electron chi connectivity index (χ2n) is 3.95. The van der Waals surface area contributed by atoms with Gasteiger partial charge in [0.25, 0.3) is 0 Å². The second kappa shape index (κ2) is 5.87. The quantitative estimate of drug-likeness (QED) is 0.598. The molecule has 1 atom stereocenters. The highest BCUT2D eigenvalue weighted by atomic mass is 32.2. The van der Waals surface area contributed by atoms with Gasteiger partial charge in [-0.25, -0.2) is 26.4 Å². The molecule has 0 saturated carbocycles. The van der Waals surface area contributed by atoms with Crippen LogP contribution in [0.3, 0.4) is 0 Å². The maximum atomic E-state index is 11.8. The summed E-state index contributed by atoms with van der Waals surface area (Å²) in [6, 6.07) is 4.40. The van der Waals surface area contributed by atoms with Crippen molar-refractivity contribution < 1.29 is 31.8 Å². The van der Waals surface area contributed by atoms with Crippen molar-refractivity contribution in [2.45, 2.75) is 15.9 Å². The Bertz CT molecular complexity index is 692. The first-order chi connectivity index (χ1) is 9.04. The molecule has 0 fully saturated rings. The molecular formula is C10H13NO7S2. The highest BCUT2D eigenvalue weighted by molar-refractivity contribution is 7.90. The van der Waals surface area contributed by atoms with Gasteiger partial charge in [0.2, 0.25) is 10.0 Å². The summed E-state index contributed by atoms with van der Waals surface area (Å²) < 4.78 is 47.9. The molecular weight excluding hydrogens is 310 g/mol. The van der Waals surface area contributed by atoms with Crippen LogP contribution in [-0.2, 0) is 24.7 Å². The van der Waals surface area contributed by atoms with E-state index in [1.807, 2.05) is 4.72 Å². The molecule has 8 nitrogen and oxygen atoms in total. The molecule has 1 aromatic carbocycles. The van der Waals surface area contributed by atoms with Crippen LogP contribution in [0.15, 0.2) is 34.1 Å². The highest BCUT2D eigenvalue weighted by Gasteiger charge is 2.19. The number of benzene rings is 1. The summed E-state index contributed by atoms with van der Waals surface area (Å²) in [7, 11) is -7.45. The van der Waals surface area contributed by atoms with Gasteiger partial charge in [0.1, 0.15) is 0 Å². The lowest BCUT2D eigenvalue weighted by Crippen LogP contribution is -2.36. The Labute approximate surface area is 116 Å². The number of hydrogen-bond acceptors (Lipinski definition) is 6. The van der Waals surface area contributed by atoms with Crippen molar-refractivity contribution in [3.63, 3.8) is 0 Å². The minimum atomic E-state index is -4.02. The number of nitrogens with one attached hydrogen (secondary N) is 1. The Morgan fingerprint density at radius 2 is 1.60 bits per heavy atom. The Morgan fingerprint density at radius 1 is 1.15 bits per heavy atom. The molecule has 0 aromatic heterocycles. The van der Waals surface area contributed by atoms with E-state index in [-0.39, 0.29) is 9.79 Å². The van der Waals surface area contributed by atoms with Crippen LogP contribution in [0.5, 0.6) is 0 Å². The van der Waals surface area contributed by atoms with E-state index >= 15 is 0 Å². The molecule has 20 heavy (non-hydrogen) atoms. The van der Waals surface area contributed by atoms with Gasteiger partial charge in [-0.05, 0) is 24.3 Å². The van der Waals surface area contributed by atoms with Gasteiger partial charge in [0.15, 0.2) is 15.9 Å². The molecule has 0 bridgehead atoms. The van der Waals surface area contributed by atoms with Gasteiger partial charge in [0.05, 0.1) is 9.79 Å². The van der Waals surface area contributed by atoms with Crippen molar-refractivity contribution in [3.05, 3.63) is 24.3 Å². The number of sulfone groups is 1. The Kier molecular flexibility index (Phi) is 4.86. The van der Waals surface area contributed by atoms with Gasteiger partial charge < -0.3 is 10.2 Å². The van der Waals surface area contributed by atoms with Crippen LogP contribution in [0.4, 0.5) is 0 Å². The summed E-state index contributed by atoms with van der Waals surface area (Å²) in [5, 5.41) is 17.4. The summed E-state index contributed by atoms with van der Waals surface area (Å²) in [6.07, 6.45) is -0.877. The smallest absolute Gasteiger partial charge is 0.333 e. The number of carboxylic acid groups (broad SMARTS) is 1. The van der Waals surface area contributed by atoms with Crippen LogP contribution < -0.4 is 4.72 Å². The number of hydrogen-bond donors (Lipinski definition) is 3. The van der Waals surface area contributed by atoms with Crippen molar-refractivity contribution in [1.82, 2.24) is 4.72 Å². The zero-order valence-corrected chi connectivity index (χ0v) is 12.0. The standard InChI is InChI=1S/C10H13NO7S2/c1-19(15,16)7-2-4-8(5-3-7)20(17,18)11-6-9(12)10(13)14/h2-5,9,11-12H,6H2,1H3,(H,13,14). The fourth-order valence-electron chi connectivity index (χ4n) is 1.23. The van der Waals surface area contributed by atoms with Gasteiger partial charge in [-0.3, -0.25) is 0 Å². The summed E-state index contributed by atoms with van der Waals surface area (Å²) in [5.41, 5.74) is 0. The van der Waals surface area contributed by atoms with E-state index in [1.54, 1.807) is 0 Å². The minimum Gasteiger partial charge on any atom is -0.479 e. The van der Waals surface area contributed by atoms with E-state index in [0.29, 0.717) is 0 Å². The Morgan fingerprint density at radius 3 is 2.00 bits per heavy atom. The lowest BCUT2D eigenvalue weighted by molar-refractivity contribution is -0.146. The molecule has 112 valence electrons. The van der Waals surface area contributed by atoms with Crippen LogP contribution in [-0.4, -0.2) is 51.9 Å². The first kappa shape index (κ1) is 16.6. The molecule has 0 radical (unpaired) electrons. The van der Waals surface area contributed by atoms with Crippen LogP contribution in [0, 0.1) is 0 Å². The van der Waals surface area contributed by atoms with Gasteiger partial charge >= 0.3 is 5.97 Å². The van der Waals surface area contributed by atoms with Gasteiger partial charge in [-0.2, -0.15) is 0 Å². The van der Waals surface area contributed by atoms with E-state index < -0.39 is 38.5 Å². The molecule has 1 unspecified atom stereocenters. The molecule has 1 rings (SSSR count). The third kappa shape index (κ3) is 4.27. The van der Waals surface area contributed by atoms with Crippen molar-refractivity contribution in [2.24, 2.45) is 0 Å². The number of carboxylic acids is 1. The molecule has 0 amide bonds. The molecule has 0 heterocycles. The third-order valence-electron chi connectivity index (χ3n) is 2.31. The molecule has 3 N–H and O–H groups in total. The number of carbonyl (C=O) groups is 1. The first-order valence-corrected chi connectivity index (χ1v) is 8.62. The SMILES string of the molecule is CS(=O)(=O)c1ccc(S(=O)(=O)NCC(O)C(=O)O)cc1. The molecule has 0 saturated heterocycles. The van der Waals surface area contributed by atoms with Crippen LogP contribution in [0.2, 0.25) is 0 Å². The summed E-state index contributed by atoms with van der Waals surface area (Å²) >= 11 is 0. The minimum absolute atomic E-state index is 0.0398. The highest BCUT2D eigenvalue weighted by Crippen LogP contribution is 2.14. The Balaban J connectivity index is 2.91. The fourth-order valence-corrected chi connectivity index (χ4v) is 2.89. The maximum absolute atomic E-state index is 11.8. The van der Waals surface area contributed by atoms with E-state index in [1.165, 1.54) is 0 Å². The van der Waals surface area contributed by atoms with Crippen molar-refractivity contribution >= 4 is 25.8 Å². The number of rotatable bonds is 6. The number of aliphatic carboxylic acids is 1. The van der Waals surface area contributed by atoms with Crippen LogP contribution in [0.25, 0.3) is 0 Å². The van der Waals surface area contributed by atoms with Crippen molar-refractivity contribution in [1.29, 1.82) is 0 Å². The van der Waals surface area contributed by atoms with Gasteiger partial charge in [0, 0.05) is 12.8 Å². The number of aliphatic hydroxyl groups excluding tert-OH is 1. The van der Waals surface area contributed by atoms with E-state index in [9.17, 15) is 21.6 Å². The van der Waals surface area contributed by atoms with Crippen molar-refractivity contribution in [3.8, 4) is 0 Å². The molecule has 1 aromatic rings. The van der Waals surface area contributed by atoms with Crippen LogP contribution in [0.1, 0.15) is 0 Å². The molecule has 10 heteroatoms. The molecule has 0 aliphatic rings. The maximum Gasteiger partial charge on any atom is 0.333 e. The monoisotopic (exact) mass is 323 g/mol. The fraction of sp³-hybridized carbons (Fsp3) is 0.300. The lowest BCUT2D eigenvalue weighted by atomic mass is 10.4. The average molecular weight is 323 g/mol. The molecule has 0 spiro atoms. The average Bonchev–Trinajstić information content (AvgIpc) is 2.35. The molecule has 0 aliphatic carbocycles. The molecule has 0 aliphatic heterocycles. The number of sulfonamides is 1. The largest absolute Gasteiger partial charge is 0.479 e. The lowest BCUT2D eigenvalue weighted by Gasteiger charge is -2.09. The van der Waals surface area contributed by atoms with E-state index in [4.69, 9.17) is 10.2 Å². The predicted octanol–water partition coefficient (Wildman–Crippen LogP) is -1.19. The first-order valence-electron chi connectivity index (χ1n) is 5.25. The van der Waals surface area contributed by atoms with E-state index in [0.717, 1.165) is 30.5 Å². The zero-order valence-electron chi connectivity index (χ0n) is 10.3. The summed E-state index contributed by atoms with van der Waals surface area (Å²) in [5.74, 6) is -1.56. The van der Waals surface area contributed by atoms with Crippen molar-refractivity contribution in [2.75, 3.05) is 12.8 Å². The summed E-state index contributed by atoms with van der Waals surface area (Å²) in [4.78, 5) is 10.1. The topological polar surface area (TPSA) is 138 Å². The predicted molar refractivity (Wildman–Crippen MR) is 68.4 cm³/mol.